The Morgan fingerprint density at radius 2 is 1.75 bits per heavy atom. The summed E-state index contributed by atoms with van der Waals surface area (Å²) in [6.45, 7) is 3.49. The summed E-state index contributed by atoms with van der Waals surface area (Å²) < 4.78 is 21.6. The quantitative estimate of drug-likeness (QED) is 0.535. The highest BCUT2D eigenvalue weighted by Crippen LogP contribution is 2.38. The molecular formula is C20H23ClN2O5. The van der Waals surface area contributed by atoms with Crippen molar-refractivity contribution in [2.24, 2.45) is 5.10 Å². The molecule has 0 radical (unpaired) electrons. The van der Waals surface area contributed by atoms with Crippen LogP contribution >= 0.6 is 11.6 Å². The Morgan fingerprint density at radius 3 is 2.36 bits per heavy atom. The lowest BCUT2D eigenvalue weighted by molar-refractivity contribution is -0.127. The predicted molar refractivity (Wildman–Crippen MR) is 108 cm³/mol. The third-order valence-corrected chi connectivity index (χ3v) is 4.16. The van der Waals surface area contributed by atoms with Gasteiger partial charge in [-0.25, -0.2) is 5.43 Å². The first-order chi connectivity index (χ1) is 13.4. The van der Waals surface area contributed by atoms with Crippen molar-refractivity contribution >= 4 is 23.7 Å². The van der Waals surface area contributed by atoms with Crippen molar-refractivity contribution in [1.29, 1.82) is 0 Å². The Labute approximate surface area is 169 Å². The molecular weight excluding hydrogens is 384 g/mol. The molecule has 0 saturated carbocycles. The number of aryl methyl sites for hydroxylation is 1. The van der Waals surface area contributed by atoms with Crippen LogP contribution in [0.1, 0.15) is 18.1 Å². The Kier molecular flexibility index (Phi) is 7.52. The van der Waals surface area contributed by atoms with Crippen molar-refractivity contribution in [3.8, 4) is 23.0 Å². The fourth-order valence-corrected chi connectivity index (χ4v) is 2.70. The van der Waals surface area contributed by atoms with Crippen molar-refractivity contribution in [1.82, 2.24) is 5.43 Å². The number of hydrogen-bond acceptors (Lipinski definition) is 6. The first kappa shape index (κ1) is 21.4. The van der Waals surface area contributed by atoms with Crippen molar-refractivity contribution in [2.75, 3.05) is 21.3 Å². The highest BCUT2D eigenvalue weighted by Gasteiger charge is 2.17. The van der Waals surface area contributed by atoms with Crippen LogP contribution in [0.2, 0.25) is 5.02 Å². The monoisotopic (exact) mass is 406 g/mol. The number of hydrogen-bond donors (Lipinski definition) is 1. The molecule has 8 heteroatoms. The van der Waals surface area contributed by atoms with E-state index in [1.165, 1.54) is 27.5 Å². The van der Waals surface area contributed by atoms with Gasteiger partial charge in [-0.15, -0.1) is 0 Å². The van der Waals surface area contributed by atoms with Crippen LogP contribution in [0, 0.1) is 6.92 Å². The molecule has 2 rings (SSSR count). The average Bonchev–Trinajstić information content (AvgIpc) is 2.69. The second kappa shape index (κ2) is 9.85. The number of benzene rings is 2. The molecule has 2 aromatic rings. The molecule has 1 N–H and O–H groups in total. The summed E-state index contributed by atoms with van der Waals surface area (Å²) in [5, 5.41) is 4.59. The van der Waals surface area contributed by atoms with E-state index in [1.807, 2.05) is 6.92 Å². The van der Waals surface area contributed by atoms with Gasteiger partial charge in [0.05, 0.1) is 27.5 Å². The van der Waals surface area contributed by atoms with Crippen molar-refractivity contribution in [3.05, 3.63) is 46.5 Å². The van der Waals surface area contributed by atoms with Gasteiger partial charge in [-0.2, -0.15) is 5.10 Å². The van der Waals surface area contributed by atoms with E-state index in [1.54, 1.807) is 37.3 Å². The molecule has 0 aliphatic rings. The van der Waals surface area contributed by atoms with E-state index in [4.69, 9.17) is 30.5 Å². The first-order valence-corrected chi connectivity index (χ1v) is 8.83. The maximum absolute atomic E-state index is 12.2. The fourth-order valence-electron chi connectivity index (χ4n) is 2.47. The molecule has 0 aromatic heterocycles. The normalized spacial score (nSPS) is 11.8. The summed E-state index contributed by atoms with van der Waals surface area (Å²) in [4.78, 5) is 12.2. The Bertz CT molecular complexity index is 870. The molecule has 0 saturated heterocycles. The molecule has 0 heterocycles. The highest BCUT2D eigenvalue weighted by atomic mass is 35.5. The minimum absolute atomic E-state index is 0.398. The van der Waals surface area contributed by atoms with Crippen LogP contribution in [-0.2, 0) is 4.79 Å². The lowest BCUT2D eigenvalue weighted by atomic mass is 10.2. The van der Waals surface area contributed by atoms with E-state index in [-0.39, 0.29) is 0 Å². The zero-order valence-corrected chi connectivity index (χ0v) is 17.2. The molecule has 1 unspecified atom stereocenters. The molecule has 0 bridgehead atoms. The molecule has 0 fully saturated rings. The number of nitrogens with one attached hydrogen (secondary N) is 1. The smallest absolute Gasteiger partial charge is 0.280 e. The van der Waals surface area contributed by atoms with Gasteiger partial charge in [0.15, 0.2) is 17.6 Å². The van der Waals surface area contributed by atoms with Crippen molar-refractivity contribution in [2.45, 2.75) is 20.0 Å². The summed E-state index contributed by atoms with van der Waals surface area (Å²) in [5.41, 5.74) is 3.90. The second-order valence-corrected chi connectivity index (χ2v) is 6.26. The number of carbonyl (C=O) groups is 1. The third-order valence-electron chi connectivity index (χ3n) is 3.92. The van der Waals surface area contributed by atoms with Gasteiger partial charge in [0, 0.05) is 10.6 Å². The van der Waals surface area contributed by atoms with Gasteiger partial charge >= 0.3 is 0 Å². The molecule has 2 aromatic carbocycles. The number of methoxy groups -OCH3 is 3. The second-order valence-electron chi connectivity index (χ2n) is 5.83. The van der Waals surface area contributed by atoms with E-state index in [2.05, 4.69) is 10.5 Å². The van der Waals surface area contributed by atoms with Gasteiger partial charge in [-0.1, -0.05) is 11.6 Å². The van der Waals surface area contributed by atoms with Crippen molar-refractivity contribution < 1.29 is 23.7 Å². The number of rotatable bonds is 8. The van der Waals surface area contributed by atoms with Crippen LogP contribution in [-0.4, -0.2) is 39.6 Å². The summed E-state index contributed by atoms with van der Waals surface area (Å²) in [5.74, 6) is 1.60. The van der Waals surface area contributed by atoms with Crippen LogP contribution in [0.3, 0.4) is 0 Å². The molecule has 28 heavy (non-hydrogen) atoms. The number of halogens is 1. The molecule has 1 amide bonds. The minimum atomic E-state index is -0.746. The SMILES string of the molecule is COc1ccc(C=NNC(=O)C(C)Oc2ccc(Cl)cc2C)c(OC)c1OC. The Balaban J connectivity index is 2.06. The van der Waals surface area contributed by atoms with Crippen LogP contribution in [0.4, 0.5) is 0 Å². The Morgan fingerprint density at radius 1 is 1.07 bits per heavy atom. The largest absolute Gasteiger partial charge is 0.493 e. The number of ether oxygens (including phenoxy) is 4. The minimum Gasteiger partial charge on any atom is -0.493 e. The number of nitrogens with zero attached hydrogens (tertiary/aromatic N) is 1. The maximum Gasteiger partial charge on any atom is 0.280 e. The standard InChI is InChI=1S/C20H23ClN2O5/c1-12-10-15(21)7-9-16(12)28-13(2)20(24)23-22-11-14-6-8-17(25-3)19(27-5)18(14)26-4/h6-11,13H,1-5H3,(H,23,24). The molecule has 0 aliphatic heterocycles. The topological polar surface area (TPSA) is 78.4 Å². The fraction of sp³-hybridized carbons (Fsp3) is 0.300. The number of carbonyl (C=O) groups excluding carboxylic acids is 1. The Hall–Kier alpha value is -2.93. The maximum atomic E-state index is 12.2. The van der Waals surface area contributed by atoms with Crippen LogP contribution in [0.15, 0.2) is 35.4 Å². The zero-order chi connectivity index (χ0) is 20.7. The van der Waals surface area contributed by atoms with E-state index >= 15 is 0 Å². The van der Waals surface area contributed by atoms with Gasteiger partial charge in [0.2, 0.25) is 5.75 Å². The molecule has 1 atom stereocenters. The molecule has 0 spiro atoms. The van der Waals surface area contributed by atoms with Gasteiger partial charge in [-0.3, -0.25) is 4.79 Å². The number of hydrazone groups is 1. The van der Waals surface area contributed by atoms with E-state index in [9.17, 15) is 4.79 Å². The molecule has 150 valence electrons. The summed E-state index contributed by atoms with van der Waals surface area (Å²) in [7, 11) is 4.56. The zero-order valence-electron chi connectivity index (χ0n) is 16.4. The predicted octanol–water partition coefficient (Wildman–Crippen LogP) is 3.59. The summed E-state index contributed by atoms with van der Waals surface area (Å²) >= 11 is 5.93. The van der Waals surface area contributed by atoms with E-state index in [0.29, 0.717) is 33.6 Å². The van der Waals surface area contributed by atoms with E-state index in [0.717, 1.165) is 5.56 Å². The third kappa shape index (κ3) is 5.07. The van der Waals surface area contributed by atoms with Gasteiger partial charge in [0.1, 0.15) is 5.75 Å². The summed E-state index contributed by atoms with van der Waals surface area (Å²) in [6, 6.07) is 8.66. The van der Waals surface area contributed by atoms with Crippen LogP contribution in [0.25, 0.3) is 0 Å². The number of amides is 1. The van der Waals surface area contributed by atoms with Crippen LogP contribution < -0.4 is 24.4 Å². The average molecular weight is 407 g/mol. The van der Waals surface area contributed by atoms with Gasteiger partial charge < -0.3 is 18.9 Å². The lowest BCUT2D eigenvalue weighted by Crippen LogP contribution is -2.33. The first-order valence-electron chi connectivity index (χ1n) is 8.46. The highest BCUT2D eigenvalue weighted by molar-refractivity contribution is 6.30. The van der Waals surface area contributed by atoms with Crippen molar-refractivity contribution in [3.63, 3.8) is 0 Å². The van der Waals surface area contributed by atoms with E-state index < -0.39 is 12.0 Å². The lowest BCUT2D eigenvalue weighted by Gasteiger charge is -2.15. The molecule has 0 aliphatic carbocycles. The van der Waals surface area contributed by atoms with Crippen LogP contribution in [0.5, 0.6) is 23.0 Å². The van der Waals surface area contributed by atoms with Gasteiger partial charge in [-0.05, 0) is 49.7 Å². The molecule has 7 nitrogen and oxygen atoms in total. The van der Waals surface area contributed by atoms with Gasteiger partial charge in [0.25, 0.3) is 5.91 Å². The summed E-state index contributed by atoms with van der Waals surface area (Å²) in [6.07, 6.45) is 0.711.